The van der Waals surface area contributed by atoms with E-state index in [2.05, 4.69) is 5.32 Å². The molecule has 2 rings (SSSR count). The Balaban J connectivity index is 1.82. The second-order valence-corrected chi connectivity index (χ2v) is 3.99. The number of benzene rings is 1. The Morgan fingerprint density at radius 3 is 2.67 bits per heavy atom. The van der Waals surface area contributed by atoms with Crippen molar-refractivity contribution >= 4 is 17.4 Å². The summed E-state index contributed by atoms with van der Waals surface area (Å²) in [4.78, 5) is 23.4. The summed E-state index contributed by atoms with van der Waals surface area (Å²) in [5.41, 5.74) is 0.677. The molecule has 1 aromatic rings. The Bertz CT molecular complexity index is 412. The Labute approximate surface area is 105 Å². The summed E-state index contributed by atoms with van der Waals surface area (Å²) in [6.45, 7) is 1.13. The third kappa shape index (κ3) is 3.65. The van der Waals surface area contributed by atoms with Crippen LogP contribution in [-0.2, 0) is 19.1 Å². The van der Waals surface area contributed by atoms with Crippen LogP contribution in [0.1, 0.15) is 6.42 Å². The van der Waals surface area contributed by atoms with E-state index in [9.17, 15) is 9.59 Å². The van der Waals surface area contributed by atoms with Crippen LogP contribution in [0.3, 0.4) is 0 Å². The van der Waals surface area contributed by atoms with Crippen molar-refractivity contribution in [2.24, 2.45) is 0 Å². The van der Waals surface area contributed by atoms with Crippen molar-refractivity contribution < 1.29 is 19.1 Å². The molecule has 96 valence electrons. The standard InChI is InChI=1S/C13H15NO4/c15-11(12-9-17-6-7-18-12)8-13(16)14-10-4-2-1-3-5-10/h1-5,12H,6-9H2,(H,14,16). The maximum Gasteiger partial charge on any atom is 0.231 e. The first kappa shape index (κ1) is 12.7. The zero-order valence-electron chi connectivity index (χ0n) is 9.93. The maximum atomic E-state index is 11.7. The van der Waals surface area contributed by atoms with E-state index in [1.165, 1.54) is 0 Å². The molecule has 0 bridgehead atoms. The van der Waals surface area contributed by atoms with Crippen molar-refractivity contribution in [3.05, 3.63) is 30.3 Å². The fourth-order valence-corrected chi connectivity index (χ4v) is 1.67. The number of anilines is 1. The number of ketones is 1. The van der Waals surface area contributed by atoms with Gasteiger partial charge in [0.15, 0.2) is 5.78 Å². The highest BCUT2D eigenvalue weighted by Crippen LogP contribution is 2.08. The number of carbonyl (C=O) groups excluding carboxylic acids is 2. The van der Waals surface area contributed by atoms with Crippen LogP contribution in [0.25, 0.3) is 0 Å². The molecule has 1 aliphatic heterocycles. The number of amides is 1. The number of ether oxygens (including phenoxy) is 2. The highest BCUT2D eigenvalue weighted by atomic mass is 16.6. The summed E-state index contributed by atoms with van der Waals surface area (Å²) in [6.07, 6.45) is -0.802. The van der Waals surface area contributed by atoms with Crippen LogP contribution < -0.4 is 5.32 Å². The number of hydrogen-bond donors (Lipinski definition) is 1. The van der Waals surface area contributed by atoms with Gasteiger partial charge in [0, 0.05) is 5.69 Å². The zero-order chi connectivity index (χ0) is 12.8. The molecule has 0 aromatic heterocycles. The molecule has 0 spiro atoms. The first-order valence-corrected chi connectivity index (χ1v) is 5.82. The van der Waals surface area contributed by atoms with Crippen LogP contribution in [0.2, 0.25) is 0 Å². The summed E-state index contributed by atoms with van der Waals surface area (Å²) >= 11 is 0. The lowest BCUT2D eigenvalue weighted by atomic mass is 10.1. The molecule has 1 saturated heterocycles. The molecule has 5 nitrogen and oxygen atoms in total. The zero-order valence-corrected chi connectivity index (χ0v) is 9.93. The molecule has 0 saturated carbocycles. The monoisotopic (exact) mass is 249 g/mol. The van der Waals surface area contributed by atoms with Crippen LogP contribution in [-0.4, -0.2) is 37.6 Å². The third-order valence-electron chi connectivity index (χ3n) is 2.57. The summed E-state index contributed by atoms with van der Waals surface area (Å²) in [5.74, 6) is -0.580. The number of carbonyl (C=O) groups is 2. The molecule has 0 radical (unpaired) electrons. The second kappa shape index (κ2) is 6.28. The molecular formula is C13H15NO4. The summed E-state index contributed by atoms with van der Waals surface area (Å²) in [7, 11) is 0. The van der Waals surface area contributed by atoms with Crippen LogP contribution in [0.5, 0.6) is 0 Å². The van der Waals surface area contributed by atoms with Gasteiger partial charge >= 0.3 is 0 Å². The normalized spacial score (nSPS) is 19.2. The molecule has 1 atom stereocenters. The average molecular weight is 249 g/mol. The van der Waals surface area contributed by atoms with Gasteiger partial charge in [-0.25, -0.2) is 0 Å². The molecule has 1 unspecified atom stereocenters. The van der Waals surface area contributed by atoms with Gasteiger partial charge in [0.2, 0.25) is 5.91 Å². The van der Waals surface area contributed by atoms with Gasteiger partial charge in [0.1, 0.15) is 6.10 Å². The van der Waals surface area contributed by atoms with Gasteiger partial charge in [-0.1, -0.05) is 18.2 Å². The largest absolute Gasteiger partial charge is 0.376 e. The smallest absolute Gasteiger partial charge is 0.231 e. The van der Waals surface area contributed by atoms with Crippen LogP contribution in [0.4, 0.5) is 5.69 Å². The van der Waals surface area contributed by atoms with E-state index in [1.807, 2.05) is 18.2 Å². The molecule has 0 aliphatic carbocycles. The number of hydrogen-bond acceptors (Lipinski definition) is 4. The predicted molar refractivity (Wildman–Crippen MR) is 65.3 cm³/mol. The van der Waals surface area contributed by atoms with Crippen molar-refractivity contribution in [1.82, 2.24) is 0 Å². The van der Waals surface area contributed by atoms with Gasteiger partial charge in [0.25, 0.3) is 0 Å². The fourth-order valence-electron chi connectivity index (χ4n) is 1.67. The molecule has 1 amide bonds. The SMILES string of the molecule is O=C(CC(=O)C1COCCO1)Nc1ccccc1. The van der Waals surface area contributed by atoms with Crippen molar-refractivity contribution in [1.29, 1.82) is 0 Å². The summed E-state index contributed by atoms with van der Waals surface area (Å²) < 4.78 is 10.4. The molecule has 1 N–H and O–H groups in total. The van der Waals surface area contributed by atoms with Crippen molar-refractivity contribution in [3.8, 4) is 0 Å². The van der Waals surface area contributed by atoms with Gasteiger partial charge < -0.3 is 14.8 Å². The molecule has 1 aromatic carbocycles. The minimum Gasteiger partial charge on any atom is -0.376 e. The fraction of sp³-hybridized carbons (Fsp3) is 0.385. The molecule has 5 heteroatoms. The van der Waals surface area contributed by atoms with E-state index in [1.54, 1.807) is 12.1 Å². The van der Waals surface area contributed by atoms with Crippen molar-refractivity contribution in [2.75, 3.05) is 25.1 Å². The van der Waals surface area contributed by atoms with E-state index in [-0.39, 0.29) is 24.7 Å². The van der Waals surface area contributed by atoms with Crippen molar-refractivity contribution in [3.63, 3.8) is 0 Å². The molecule has 1 aliphatic rings. The Morgan fingerprint density at radius 2 is 2.00 bits per heavy atom. The molecular weight excluding hydrogens is 234 g/mol. The van der Waals surface area contributed by atoms with Crippen molar-refractivity contribution in [2.45, 2.75) is 12.5 Å². The van der Waals surface area contributed by atoms with E-state index in [4.69, 9.17) is 9.47 Å². The van der Waals surface area contributed by atoms with Gasteiger partial charge in [-0.15, -0.1) is 0 Å². The van der Waals surface area contributed by atoms with Gasteiger partial charge in [-0.3, -0.25) is 9.59 Å². The first-order chi connectivity index (χ1) is 8.75. The quantitative estimate of drug-likeness (QED) is 0.808. The number of para-hydroxylation sites is 1. The van der Waals surface area contributed by atoms with E-state index >= 15 is 0 Å². The minimum atomic E-state index is -0.611. The van der Waals surface area contributed by atoms with Crippen LogP contribution in [0, 0.1) is 0 Å². The van der Waals surface area contributed by atoms with Gasteiger partial charge in [-0.05, 0) is 12.1 Å². The Kier molecular flexibility index (Phi) is 4.44. The lowest BCUT2D eigenvalue weighted by Crippen LogP contribution is -2.37. The lowest BCUT2D eigenvalue weighted by molar-refractivity contribution is -0.146. The van der Waals surface area contributed by atoms with Gasteiger partial charge in [0.05, 0.1) is 26.2 Å². The third-order valence-corrected chi connectivity index (χ3v) is 2.57. The van der Waals surface area contributed by atoms with Gasteiger partial charge in [-0.2, -0.15) is 0 Å². The topological polar surface area (TPSA) is 64.6 Å². The molecule has 1 fully saturated rings. The minimum absolute atomic E-state index is 0.192. The Morgan fingerprint density at radius 1 is 1.22 bits per heavy atom. The van der Waals surface area contributed by atoms with E-state index in [0.29, 0.717) is 18.9 Å². The van der Waals surface area contributed by atoms with E-state index in [0.717, 1.165) is 0 Å². The molecule has 1 heterocycles. The summed E-state index contributed by atoms with van der Waals surface area (Å²) in [6, 6.07) is 9.02. The first-order valence-electron chi connectivity index (χ1n) is 5.82. The second-order valence-electron chi connectivity index (χ2n) is 3.99. The van der Waals surface area contributed by atoms with E-state index < -0.39 is 6.10 Å². The predicted octanol–water partition coefficient (Wildman–Crippen LogP) is 1.000. The maximum absolute atomic E-state index is 11.7. The van der Waals surface area contributed by atoms with Crippen LogP contribution in [0.15, 0.2) is 30.3 Å². The van der Waals surface area contributed by atoms with Crippen LogP contribution >= 0.6 is 0 Å². The summed E-state index contributed by atoms with van der Waals surface area (Å²) in [5, 5.41) is 2.66. The number of Topliss-reactive ketones (excluding diaryl/α,β-unsaturated/α-hetero) is 1. The highest BCUT2D eigenvalue weighted by molar-refractivity contribution is 6.05. The lowest BCUT2D eigenvalue weighted by Gasteiger charge is -2.21. The molecule has 18 heavy (non-hydrogen) atoms. The average Bonchev–Trinajstić information content (AvgIpc) is 2.40. The number of rotatable bonds is 4. The highest BCUT2D eigenvalue weighted by Gasteiger charge is 2.24. The number of nitrogens with one attached hydrogen (secondary N) is 1. The Hall–Kier alpha value is -1.72.